The van der Waals surface area contributed by atoms with Gasteiger partial charge in [0.2, 0.25) is 11.8 Å². The Bertz CT molecular complexity index is 536. The Hall–Kier alpha value is -1.43. The number of rotatable bonds is 4. The van der Waals surface area contributed by atoms with Crippen molar-refractivity contribution in [2.75, 3.05) is 6.54 Å². The van der Waals surface area contributed by atoms with E-state index in [0.717, 1.165) is 6.42 Å². The van der Waals surface area contributed by atoms with Crippen molar-refractivity contribution < 1.29 is 14.0 Å². The summed E-state index contributed by atoms with van der Waals surface area (Å²) in [7, 11) is 0. The molecule has 1 atom stereocenters. The molecule has 0 aromatic heterocycles. The molecule has 1 N–H and O–H groups in total. The van der Waals surface area contributed by atoms with E-state index >= 15 is 0 Å². The Kier molecular flexibility index (Phi) is 4.75. The van der Waals surface area contributed by atoms with Gasteiger partial charge in [-0.05, 0) is 18.6 Å². The van der Waals surface area contributed by atoms with Crippen LogP contribution in [-0.4, -0.2) is 29.3 Å². The molecule has 1 saturated heterocycles. The van der Waals surface area contributed by atoms with Crippen LogP contribution in [0.5, 0.6) is 0 Å². The number of nitrogens with one attached hydrogen (secondary N) is 1. The maximum Gasteiger partial charge on any atom is 0.243 e. The zero-order chi connectivity index (χ0) is 14.7. The first-order chi connectivity index (χ1) is 9.52. The van der Waals surface area contributed by atoms with Crippen LogP contribution in [0.1, 0.15) is 25.3 Å². The summed E-state index contributed by atoms with van der Waals surface area (Å²) >= 11 is 3.19. The predicted octanol–water partition coefficient (Wildman–Crippen LogP) is 2.22. The number of carbonyl (C=O) groups is 2. The van der Waals surface area contributed by atoms with Gasteiger partial charge in [-0.3, -0.25) is 9.59 Å². The third-order valence-corrected chi connectivity index (χ3v) is 3.82. The average molecular weight is 343 g/mol. The van der Waals surface area contributed by atoms with Crippen LogP contribution in [0.25, 0.3) is 0 Å². The molecule has 0 bridgehead atoms. The Morgan fingerprint density at radius 3 is 2.85 bits per heavy atom. The van der Waals surface area contributed by atoms with Gasteiger partial charge < -0.3 is 10.2 Å². The number of benzene rings is 1. The quantitative estimate of drug-likeness (QED) is 0.911. The van der Waals surface area contributed by atoms with Crippen molar-refractivity contribution in [3.8, 4) is 0 Å². The summed E-state index contributed by atoms with van der Waals surface area (Å²) in [4.78, 5) is 25.3. The molecule has 1 aliphatic heterocycles. The lowest BCUT2D eigenvalue weighted by Gasteiger charge is -2.35. The van der Waals surface area contributed by atoms with Gasteiger partial charge in [0.25, 0.3) is 0 Å². The first kappa shape index (κ1) is 15.0. The van der Waals surface area contributed by atoms with Crippen molar-refractivity contribution in [2.45, 2.75) is 32.4 Å². The van der Waals surface area contributed by atoms with Crippen LogP contribution in [0.2, 0.25) is 0 Å². The molecule has 0 spiro atoms. The van der Waals surface area contributed by atoms with Crippen LogP contribution in [0, 0.1) is 5.82 Å². The molecule has 2 rings (SSSR count). The topological polar surface area (TPSA) is 49.4 Å². The van der Waals surface area contributed by atoms with Crippen LogP contribution < -0.4 is 5.32 Å². The molecule has 1 fully saturated rings. The molecule has 0 aliphatic carbocycles. The molecule has 4 nitrogen and oxygen atoms in total. The zero-order valence-corrected chi connectivity index (χ0v) is 12.7. The summed E-state index contributed by atoms with van der Waals surface area (Å²) in [6.07, 6.45) is 1.36. The average Bonchev–Trinajstić information content (AvgIpc) is 2.40. The lowest BCUT2D eigenvalue weighted by molar-refractivity contribution is -0.146. The molecule has 1 unspecified atom stereocenters. The van der Waals surface area contributed by atoms with E-state index in [-0.39, 0.29) is 30.7 Å². The van der Waals surface area contributed by atoms with E-state index in [9.17, 15) is 14.0 Å². The Balaban J connectivity index is 2.23. The fourth-order valence-corrected chi connectivity index (χ4v) is 2.62. The molecule has 108 valence electrons. The Morgan fingerprint density at radius 2 is 2.20 bits per heavy atom. The van der Waals surface area contributed by atoms with Crippen LogP contribution in [-0.2, 0) is 16.1 Å². The molecular weight excluding hydrogens is 327 g/mol. The first-order valence-electron chi connectivity index (χ1n) is 6.54. The standard InChI is InChI=1S/C14H16BrFN2O2/c1-2-3-12-14(20)17-7-13(19)18(12)8-9-4-5-10(15)6-11(9)16/h4-6,12H,2-3,7-8H2,1H3,(H,17,20). The van der Waals surface area contributed by atoms with Crippen LogP contribution in [0.4, 0.5) is 4.39 Å². The Morgan fingerprint density at radius 1 is 1.45 bits per heavy atom. The third-order valence-electron chi connectivity index (χ3n) is 3.33. The number of hydrogen-bond donors (Lipinski definition) is 1. The summed E-state index contributed by atoms with van der Waals surface area (Å²) in [6, 6.07) is 4.20. The smallest absolute Gasteiger partial charge is 0.243 e. The highest BCUT2D eigenvalue weighted by atomic mass is 79.9. The van der Waals surface area contributed by atoms with E-state index in [0.29, 0.717) is 16.5 Å². The molecule has 0 radical (unpaired) electrons. The van der Waals surface area contributed by atoms with Gasteiger partial charge in [-0.1, -0.05) is 35.3 Å². The number of amides is 2. The van der Waals surface area contributed by atoms with Crippen molar-refractivity contribution in [1.82, 2.24) is 10.2 Å². The maximum atomic E-state index is 13.9. The van der Waals surface area contributed by atoms with E-state index in [2.05, 4.69) is 21.2 Å². The van der Waals surface area contributed by atoms with Crippen molar-refractivity contribution in [3.05, 3.63) is 34.1 Å². The zero-order valence-electron chi connectivity index (χ0n) is 11.2. The minimum atomic E-state index is -0.510. The molecule has 1 aromatic carbocycles. The fourth-order valence-electron chi connectivity index (χ4n) is 2.29. The van der Waals surface area contributed by atoms with Crippen molar-refractivity contribution in [2.24, 2.45) is 0 Å². The SMILES string of the molecule is CCCC1C(=O)NCC(=O)N1Cc1ccc(Br)cc1F. The summed E-state index contributed by atoms with van der Waals surface area (Å²) in [6.45, 7) is 2.05. The lowest BCUT2D eigenvalue weighted by atomic mass is 10.1. The van der Waals surface area contributed by atoms with E-state index in [1.807, 2.05) is 6.92 Å². The second kappa shape index (κ2) is 6.35. The summed E-state index contributed by atoms with van der Waals surface area (Å²) in [5, 5.41) is 2.57. The molecule has 1 aliphatic rings. The predicted molar refractivity (Wildman–Crippen MR) is 76.4 cm³/mol. The van der Waals surface area contributed by atoms with Gasteiger partial charge >= 0.3 is 0 Å². The first-order valence-corrected chi connectivity index (χ1v) is 7.33. The van der Waals surface area contributed by atoms with Gasteiger partial charge in [-0.15, -0.1) is 0 Å². The monoisotopic (exact) mass is 342 g/mol. The fraction of sp³-hybridized carbons (Fsp3) is 0.429. The molecule has 6 heteroatoms. The van der Waals surface area contributed by atoms with Gasteiger partial charge in [0.1, 0.15) is 11.9 Å². The highest BCUT2D eigenvalue weighted by Gasteiger charge is 2.33. The molecule has 1 heterocycles. The highest BCUT2D eigenvalue weighted by molar-refractivity contribution is 9.10. The molecule has 0 saturated carbocycles. The minimum absolute atomic E-state index is 0.0167. The molecule has 20 heavy (non-hydrogen) atoms. The lowest BCUT2D eigenvalue weighted by Crippen LogP contribution is -2.57. The van der Waals surface area contributed by atoms with Crippen LogP contribution in [0.15, 0.2) is 22.7 Å². The normalized spacial score (nSPS) is 19.1. The van der Waals surface area contributed by atoms with Crippen LogP contribution >= 0.6 is 15.9 Å². The number of piperazine rings is 1. The van der Waals surface area contributed by atoms with E-state index in [1.165, 1.54) is 11.0 Å². The highest BCUT2D eigenvalue weighted by Crippen LogP contribution is 2.20. The van der Waals surface area contributed by atoms with Crippen molar-refractivity contribution in [1.29, 1.82) is 0 Å². The second-order valence-corrected chi connectivity index (χ2v) is 5.70. The van der Waals surface area contributed by atoms with Gasteiger partial charge in [-0.2, -0.15) is 0 Å². The largest absolute Gasteiger partial charge is 0.345 e. The van der Waals surface area contributed by atoms with Gasteiger partial charge in [0, 0.05) is 16.6 Å². The molecule has 1 aromatic rings. The number of nitrogens with zero attached hydrogens (tertiary/aromatic N) is 1. The van der Waals surface area contributed by atoms with E-state index in [1.54, 1.807) is 12.1 Å². The van der Waals surface area contributed by atoms with Crippen LogP contribution in [0.3, 0.4) is 0 Å². The summed E-state index contributed by atoms with van der Waals surface area (Å²) in [5.74, 6) is -0.720. The van der Waals surface area contributed by atoms with Crippen molar-refractivity contribution in [3.63, 3.8) is 0 Å². The second-order valence-electron chi connectivity index (χ2n) is 4.78. The Labute approximate surface area is 125 Å². The van der Waals surface area contributed by atoms with Gasteiger partial charge in [0.05, 0.1) is 6.54 Å². The van der Waals surface area contributed by atoms with Gasteiger partial charge in [0.15, 0.2) is 0 Å². The number of hydrogen-bond acceptors (Lipinski definition) is 2. The third kappa shape index (κ3) is 3.17. The van der Waals surface area contributed by atoms with E-state index < -0.39 is 6.04 Å². The van der Waals surface area contributed by atoms with E-state index in [4.69, 9.17) is 0 Å². The molecular formula is C14H16BrFN2O2. The number of carbonyl (C=O) groups excluding carboxylic acids is 2. The minimum Gasteiger partial charge on any atom is -0.345 e. The van der Waals surface area contributed by atoms with Gasteiger partial charge in [-0.25, -0.2) is 4.39 Å². The summed E-state index contributed by atoms with van der Waals surface area (Å²) < 4.78 is 14.5. The summed E-state index contributed by atoms with van der Waals surface area (Å²) in [5.41, 5.74) is 0.414. The number of halogens is 2. The maximum absolute atomic E-state index is 13.9. The molecule has 2 amide bonds. The van der Waals surface area contributed by atoms with Crippen molar-refractivity contribution >= 4 is 27.7 Å².